The predicted octanol–water partition coefficient (Wildman–Crippen LogP) is 4.40. The van der Waals surface area contributed by atoms with E-state index >= 15 is 0 Å². The molecule has 0 unspecified atom stereocenters. The highest BCUT2D eigenvalue weighted by Gasteiger charge is 2.06. The van der Waals surface area contributed by atoms with Crippen LogP contribution in [0.4, 0.5) is 4.39 Å². The number of rotatable bonds is 4. The Bertz CT molecular complexity index is 385. The topological polar surface area (TPSA) is 9.23 Å². The third-order valence-corrected chi connectivity index (χ3v) is 3.74. The first kappa shape index (κ1) is 13.5. The lowest BCUT2D eigenvalue weighted by Crippen LogP contribution is -2.15. The minimum atomic E-state index is -1.17. The smallest absolute Gasteiger partial charge is 0.136 e. The minimum absolute atomic E-state index is 0.285. The molecule has 1 rings (SSSR count). The van der Waals surface area contributed by atoms with Crippen LogP contribution in [0.25, 0.3) is 0 Å². The molecule has 0 aliphatic rings. The van der Waals surface area contributed by atoms with E-state index in [1.54, 1.807) is 6.07 Å². The molecule has 0 aliphatic carbocycles. The van der Waals surface area contributed by atoms with Crippen molar-refractivity contribution in [1.29, 1.82) is 0 Å². The molecule has 0 aromatic heterocycles. The third kappa shape index (κ3) is 4.94. The van der Waals surface area contributed by atoms with Gasteiger partial charge in [-0.3, -0.25) is 0 Å². The van der Waals surface area contributed by atoms with Gasteiger partial charge in [-0.05, 0) is 28.1 Å². The summed E-state index contributed by atoms with van der Waals surface area (Å²) in [6, 6.07) is 4.42. The van der Waals surface area contributed by atoms with Gasteiger partial charge in [0.1, 0.15) is 18.2 Å². The van der Waals surface area contributed by atoms with Crippen molar-refractivity contribution < 1.29 is 9.13 Å². The maximum atomic E-state index is 12.9. The quantitative estimate of drug-likeness (QED) is 0.749. The highest BCUT2D eigenvalue weighted by atomic mass is 79.9. The first-order chi connectivity index (χ1) is 7.38. The van der Waals surface area contributed by atoms with Gasteiger partial charge in [0.05, 0.1) is 12.5 Å². The summed E-state index contributed by atoms with van der Waals surface area (Å²) in [5, 5.41) is 0. The van der Waals surface area contributed by atoms with E-state index in [0.717, 1.165) is 4.47 Å². The Kier molecular flexibility index (Phi) is 4.74. The van der Waals surface area contributed by atoms with Crippen LogP contribution in [0.3, 0.4) is 0 Å². The molecule has 0 atom stereocenters. The van der Waals surface area contributed by atoms with E-state index in [2.05, 4.69) is 41.3 Å². The fourth-order valence-electron chi connectivity index (χ4n) is 1.13. The van der Waals surface area contributed by atoms with Gasteiger partial charge in [0.25, 0.3) is 0 Å². The monoisotopic (exact) mass is 302 g/mol. The molecule has 0 N–H and O–H groups in total. The summed E-state index contributed by atoms with van der Waals surface area (Å²) >= 11 is 3.31. The van der Waals surface area contributed by atoms with E-state index in [9.17, 15) is 4.39 Å². The van der Waals surface area contributed by atoms with Gasteiger partial charge in [-0.25, -0.2) is 4.39 Å². The zero-order valence-electron chi connectivity index (χ0n) is 9.76. The highest BCUT2D eigenvalue weighted by molar-refractivity contribution is 9.10. The molecule has 0 bridgehead atoms. The van der Waals surface area contributed by atoms with E-state index in [0.29, 0.717) is 12.4 Å². The molecular formula is C12H16BrFOSi. The van der Waals surface area contributed by atoms with E-state index in [-0.39, 0.29) is 5.82 Å². The van der Waals surface area contributed by atoms with E-state index in [1.165, 1.54) is 12.1 Å². The van der Waals surface area contributed by atoms with Gasteiger partial charge >= 0.3 is 0 Å². The summed E-state index contributed by atoms with van der Waals surface area (Å²) in [5.41, 5.74) is 2.21. The second kappa shape index (κ2) is 5.64. The standard InChI is InChI=1S/C12H16BrFOSi/c1-16(2,3)8-4-7-15-12-9-10(14)5-6-11(12)13/h4-6,8-9H,7H2,1-3H3/b8-4+. The van der Waals surface area contributed by atoms with Gasteiger partial charge < -0.3 is 4.74 Å². The molecule has 88 valence electrons. The molecule has 0 radical (unpaired) electrons. The lowest BCUT2D eigenvalue weighted by molar-refractivity contribution is 0.358. The Morgan fingerprint density at radius 2 is 2.06 bits per heavy atom. The van der Waals surface area contributed by atoms with Crippen LogP contribution in [0.1, 0.15) is 0 Å². The number of ether oxygens (including phenoxy) is 1. The van der Waals surface area contributed by atoms with Gasteiger partial charge in [0, 0.05) is 6.07 Å². The van der Waals surface area contributed by atoms with Gasteiger partial charge in [0.2, 0.25) is 0 Å². The van der Waals surface area contributed by atoms with Crippen LogP contribution in [-0.4, -0.2) is 14.7 Å². The molecule has 16 heavy (non-hydrogen) atoms. The van der Waals surface area contributed by atoms with E-state index in [4.69, 9.17) is 4.74 Å². The molecule has 1 nitrogen and oxygen atoms in total. The van der Waals surface area contributed by atoms with Crippen molar-refractivity contribution in [1.82, 2.24) is 0 Å². The molecular weight excluding hydrogens is 287 g/mol. The van der Waals surface area contributed by atoms with Gasteiger partial charge in [-0.1, -0.05) is 31.4 Å². The second-order valence-corrected chi connectivity index (χ2v) is 10.6. The Hall–Kier alpha value is -0.613. The highest BCUT2D eigenvalue weighted by Crippen LogP contribution is 2.25. The summed E-state index contributed by atoms with van der Waals surface area (Å²) in [5.74, 6) is 0.257. The predicted molar refractivity (Wildman–Crippen MR) is 72.1 cm³/mol. The largest absolute Gasteiger partial charge is 0.488 e. The van der Waals surface area contributed by atoms with Crippen LogP contribution >= 0.6 is 15.9 Å². The Morgan fingerprint density at radius 1 is 1.38 bits per heavy atom. The van der Waals surface area contributed by atoms with Crippen LogP contribution in [0.5, 0.6) is 5.75 Å². The van der Waals surface area contributed by atoms with Gasteiger partial charge in [-0.2, -0.15) is 0 Å². The minimum Gasteiger partial charge on any atom is -0.488 e. The first-order valence-electron chi connectivity index (χ1n) is 5.14. The van der Waals surface area contributed by atoms with Crippen LogP contribution in [0.15, 0.2) is 34.4 Å². The fourth-order valence-corrected chi connectivity index (χ4v) is 2.29. The SMILES string of the molecule is C[Si](C)(C)/C=C/COc1cc(F)ccc1Br. The van der Waals surface area contributed by atoms with Crippen molar-refractivity contribution in [3.05, 3.63) is 40.3 Å². The molecule has 0 aliphatic heterocycles. The number of hydrogen-bond donors (Lipinski definition) is 0. The Labute approximate surface area is 105 Å². The van der Waals surface area contributed by atoms with Crippen molar-refractivity contribution in [2.24, 2.45) is 0 Å². The molecule has 0 amide bonds. The molecule has 0 saturated heterocycles. The average molecular weight is 303 g/mol. The van der Waals surface area contributed by atoms with Gasteiger partial charge in [0.15, 0.2) is 0 Å². The molecule has 0 fully saturated rings. The maximum absolute atomic E-state index is 12.9. The van der Waals surface area contributed by atoms with Crippen LogP contribution < -0.4 is 4.74 Å². The van der Waals surface area contributed by atoms with E-state index in [1.807, 2.05) is 6.08 Å². The zero-order valence-corrected chi connectivity index (χ0v) is 12.3. The number of hydrogen-bond acceptors (Lipinski definition) is 1. The lowest BCUT2D eigenvalue weighted by atomic mass is 10.3. The zero-order chi connectivity index (χ0) is 12.2. The van der Waals surface area contributed by atoms with Crippen molar-refractivity contribution in [2.75, 3.05) is 6.61 Å². The van der Waals surface area contributed by atoms with Crippen LogP contribution in [0, 0.1) is 5.82 Å². The van der Waals surface area contributed by atoms with E-state index < -0.39 is 8.07 Å². The molecule has 4 heteroatoms. The lowest BCUT2D eigenvalue weighted by Gasteiger charge is -2.09. The summed E-state index contributed by atoms with van der Waals surface area (Å²) in [4.78, 5) is 0. The second-order valence-electron chi connectivity index (χ2n) is 4.65. The molecule has 0 spiro atoms. The molecule has 0 saturated carbocycles. The maximum Gasteiger partial charge on any atom is 0.136 e. The normalized spacial score (nSPS) is 12.1. The Balaban J connectivity index is 2.55. The number of benzene rings is 1. The van der Waals surface area contributed by atoms with Crippen molar-refractivity contribution in [3.63, 3.8) is 0 Å². The summed E-state index contributed by atoms with van der Waals surface area (Å²) in [6.07, 6.45) is 2.00. The van der Waals surface area contributed by atoms with Crippen LogP contribution in [0.2, 0.25) is 19.6 Å². The summed E-state index contributed by atoms with van der Waals surface area (Å²) < 4.78 is 19.2. The Morgan fingerprint density at radius 3 is 2.69 bits per heavy atom. The molecule has 0 heterocycles. The van der Waals surface area contributed by atoms with Crippen molar-refractivity contribution >= 4 is 24.0 Å². The fraction of sp³-hybridized carbons (Fsp3) is 0.333. The average Bonchev–Trinajstić information content (AvgIpc) is 2.16. The summed E-state index contributed by atoms with van der Waals surface area (Å²) in [6.45, 7) is 7.23. The molecule has 1 aromatic carbocycles. The number of halogens is 2. The van der Waals surface area contributed by atoms with Crippen molar-refractivity contribution in [3.8, 4) is 5.75 Å². The van der Waals surface area contributed by atoms with Gasteiger partial charge in [-0.15, -0.1) is 0 Å². The molecule has 1 aromatic rings. The summed E-state index contributed by atoms with van der Waals surface area (Å²) in [7, 11) is -1.17. The third-order valence-electron chi connectivity index (χ3n) is 1.85. The first-order valence-corrected chi connectivity index (χ1v) is 9.51. The van der Waals surface area contributed by atoms with Crippen LogP contribution in [-0.2, 0) is 0 Å². The van der Waals surface area contributed by atoms with Crippen molar-refractivity contribution in [2.45, 2.75) is 19.6 Å².